The normalized spacial score (nSPS) is 11.4. The number of halogens is 2. The van der Waals surface area contributed by atoms with Crippen molar-refractivity contribution in [3.05, 3.63) is 83.4 Å². The van der Waals surface area contributed by atoms with Crippen molar-refractivity contribution in [1.29, 1.82) is 0 Å². The molecule has 1 nitrogen and oxygen atoms in total. The average molecular weight is 328 g/mol. The Morgan fingerprint density at radius 2 is 1.83 bits per heavy atom. The van der Waals surface area contributed by atoms with Gasteiger partial charge < -0.3 is 4.74 Å². The van der Waals surface area contributed by atoms with E-state index in [2.05, 4.69) is 13.5 Å². The lowest BCUT2D eigenvalue weighted by atomic mass is 9.98. The quantitative estimate of drug-likeness (QED) is 0.538. The van der Waals surface area contributed by atoms with Gasteiger partial charge in [0.2, 0.25) is 0 Å². The van der Waals surface area contributed by atoms with E-state index in [1.165, 1.54) is 23.8 Å². The lowest BCUT2D eigenvalue weighted by molar-refractivity contribution is 0.263. The van der Waals surface area contributed by atoms with Gasteiger partial charge in [0.1, 0.15) is 24.0 Å². The fourth-order valence-corrected chi connectivity index (χ4v) is 2.49. The molecule has 3 heteroatoms. The van der Waals surface area contributed by atoms with Gasteiger partial charge >= 0.3 is 0 Å². The van der Waals surface area contributed by atoms with Gasteiger partial charge in [-0.15, -0.1) is 0 Å². The van der Waals surface area contributed by atoms with Crippen LogP contribution in [0.4, 0.5) is 8.78 Å². The topological polar surface area (TPSA) is 9.23 Å². The minimum Gasteiger partial charge on any atom is -0.489 e. The summed E-state index contributed by atoms with van der Waals surface area (Å²) in [6, 6.07) is 11.0. The van der Waals surface area contributed by atoms with Crippen LogP contribution in [-0.4, -0.2) is 0 Å². The Bertz CT molecular complexity index is 730. The molecule has 0 atom stereocenters. The van der Waals surface area contributed by atoms with Gasteiger partial charge in [0.05, 0.1) is 5.56 Å². The SMILES string of the molecule is C=C(OCc1ccc(F)cc1)c1cc(/C(=C/C)CCC)ccc1F. The molecule has 0 amide bonds. The summed E-state index contributed by atoms with van der Waals surface area (Å²) in [6.45, 7) is 8.14. The predicted octanol–water partition coefficient (Wildman–Crippen LogP) is 6.36. The van der Waals surface area contributed by atoms with E-state index >= 15 is 0 Å². The number of hydrogen-bond acceptors (Lipinski definition) is 1. The standard InChI is InChI=1S/C21H22F2O/c1-4-6-17(5-2)18-9-12-21(23)20(13-18)15(3)24-14-16-7-10-19(22)11-8-16/h5,7-13H,3-4,6,14H2,1-2H3/b17-5+. The number of rotatable bonds is 7. The summed E-state index contributed by atoms with van der Waals surface area (Å²) >= 11 is 0. The summed E-state index contributed by atoms with van der Waals surface area (Å²) in [5.74, 6) is -0.397. The number of ether oxygens (including phenoxy) is 1. The Balaban J connectivity index is 2.14. The monoisotopic (exact) mass is 328 g/mol. The van der Waals surface area contributed by atoms with Crippen LogP contribution in [0.2, 0.25) is 0 Å². The molecule has 0 radical (unpaired) electrons. The van der Waals surface area contributed by atoms with Gasteiger partial charge in [0.15, 0.2) is 0 Å². The molecule has 0 saturated heterocycles. The van der Waals surface area contributed by atoms with Crippen LogP contribution in [-0.2, 0) is 11.3 Å². The van der Waals surface area contributed by atoms with E-state index in [0.29, 0.717) is 5.56 Å². The van der Waals surface area contributed by atoms with Gasteiger partial charge in [-0.1, -0.05) is 44.2 Å². The first-order valence-electron chi connectivity index (χ1n) is 8.06. The van der Waals surface area contributed by atoms with Crippen molar-refractivity contribution in [2.24, 2.45) is 0 Å². The van der Waals surface area contributed by atoms with Crippen LogP contribution in [0.25, 0.3) is 11.3 Å². The highest BCUT2D eigenvalue weighted by molar-refractivity contribution is 5.70. The molecule has 0 bridgehead atoms. The average Bonchev–Trinajstić information content (AvgIpc) is 2.59. The molecule has 2 aromatic carbocycles. The van der Waals surface area contributed by atoms with Crippen LogP contribution in [0, 0.1) is 11.6 Å². The zero-order valence-corrected chi connectivity index (χ0v) is 14.1. The zero-order chi connectivity index (χ0) is 17.5. The van der Waals surface area contributed by atoms with Crippen molar-refractivity contribution in [3.63, 3.8) is 0 Å². The Labute approximate surface area is 142 Å². The fraction of sp³-hybridized carbons (Fsp3) is 0.238. The molecule has 24 heavy (non-hydrogen) atoms. The summed E-state index contributed by atoms with van der Waals surface area (Å²) < 4.78 is 32.6. The molecule has 0 unspecified atom stereocenters. The molecule has 0 heterocycles. The highest BCUT2D eigenvalue weighted by Crippen LogP contribution is 2.26. The lowest BCUT2D eigenvalue weighted by Gasteiger charge is -2.13. The van der Waals surface area contributed by atoms with Gasteiger partial charge in [-0.2, -0.15) is 0 Å². The first-order valence-corrected chi connectivity index (χ1v) is 8.06. The Kier molecular flexibility index (Phi) is 6.30. The molecule has 0 fully saturated rings. The maximum absolute atomic E-state index is 14.1. The first-order chi connectivity index (χ1) is 11.5. The number of hydrogen-bond donors (Lipinski definition) is 0. The highest BCUT2D eigenvalue weighted by atomic mass is 19.1. The van der Waals surface area contributed by atoms with Crippen molar-refractivity contribution >= 4 is 11.3 Å². The van der Waals surface area contributed by atoms with Crippen LogP contribution >= 0.6 is 0 Å². The zero-order valence-electron chi connectivity index (χ0n) is 14.1. The largest absolute Gasteiger partial charge is 0.489 e. The molecule has 126 valence electrons. The Hall–Kier alpha value is -2.42. The van der Waals surface area contributed by atoms with Gasteiger partial charge in [-0.3, -0.25) is 0 Å². The van der Waals surface area contributed by atoms with Gasteiger partial charge in [0, 0.05) is 0 Å². The highest BCUT2D eigenvalue weighted by Gasteiger charge is 2.11. The predicted molar refractivity (Wildman–Crippen MR) is 95.2 cm³/mol. The summed E-state index contributed by atoms with van der Waals surface area (Å²) in [7, 11) is 0. The molecule has 0 aliphatic rings. The number of benzene rings is 2. The van der Waals surface area contributed by atoms with E-state index < -0.39 is 0 Å². The second-order valence-corrected chi connectivity index (χ2v) is 5.60. The van der Waals surface area contributed by atoms with Gasteiger partial charge in [-0.25, -0.2) is 8.78 Å². The maximum atomic E-state index is 14.1. The van der Waals surface area contributed by atoms with Gasteiger partial charge in [0.25, 0.3) is 0 Å². The molecule has 0 saturated carbocycles. The van der Waals surface area contributed by atoms with Crippen LogP contribution in [0.1, 0.15) is 43.4 Å². The minimum absolute atomic E-state index is 0.216. The smallest absolute Gasteiger partial charge is 0.134 e. The molecule has 2 aromatic rings. The van der Waals surface area contributed by atoms with Crippen molar-refractivity contribution in [1.82, 2.24) is 0 Å². The van der Waals surface area contributed by atoms with Crippen molar-refractivity contribution in [2.45, 2.75) is 33.3 Å². The number of allylic oxidation sites excluding steroid dienone is 2. The van der Waals surface area contributed by atoms with E-state index in [1.807, 2.05) is 13.0 Å². The summed E-state index contributed by atoms with van der Waals surface area (Å²) in [4.78, 5) is 0. The second-order valence-electron chi connectivity index (χ2n) is 5.60. The molecule has 0 N–H and O–H groups in total. The van der Waals surface area contributed by atoms with Crippen molar-refractivity contribution in [2.75, 3.05) is 0 Å². The first kappa shape index (κ1) is 17.9. The molecule has 0 aromatic heterocycles. The van der Waals surface area contributed by atoms with Gasteiger partial charge in [-0.05, 0) is 54.3 Å². The maximum Gasteiger partial charge on any atom is 0.134 e. The molecule has 0 spiro atoms. The van der Waals surface area contributed by atoms with E-state index in [1.54, 1.807) is 24.3 Å². The van der Waals surface area contributed by atoms with E-state index in [0.717, 1.165) is 24.0 Å². The minimum atomic E-state index is -0.366. The lowest BCUT2D eigenvalue weighted by Crippen LogP contribution is -1.97. The molecule has 2 rings (SSSR count). The van der Waals surface area contributed by atoms with Crippen LogP contribution in [0.3, 0.4) is 0 Å². The Morgan fingerprint density at radius 1 is 1.12 bits per heavy atom. The summed E-state index contributed by atoms with van der Waals surface area (Å²) in [5.41, 5.74) is 3.30. The molecule has 0 aliphatic heterocycles. The fourth-order valence-electron chi connectivity index (χ4n) is 2.49. The van der Waals surface area contributed by atoms with E-state index in [4.69, 9.17) is 4.74 Å². The van der Waals surface area contributed by atoms with Crippen molar-refractivity contribution < 1.29 is 13.5 Å². The van der Waals surface area contributed by atoms with Crippen LogP contribution in [0.15, 0.2) is 55.1 Å². The van der Waals surface area contributed by atoms with Crippen molar-refractivity contribution in [3.8, 4) is 0 Å². The third-order valence-corrected chi connectivity index (χ3v) is 3.83. The molecular weight excluding hydrogens is 306 g/mol. The second kappa shape index (κ2) is 8.44. The third-order valence-electron chi connectivity index (χ3n) is 3.83. The molecule has 0 aliphatic carbocycles. The molecular formula is C21H22F2O. The van der Waals surface area contributed by atoms with Crippen LogP contribution < -0.4 is 0 Å². The third kappa shape index (κ3) is 4.54. The van der Waals surface area contributed by atoms with Crippen LogP contribution in [0.5, 0.6) is 0 Å². The summed E-state index contributed by atoms with van der Waals surface area (Å²) in [5, 5.41) is 0. The van der Waals surface area contributed by atoms with E-state index in [9.17, 15) is 8.78 Å². The summed E-state index contributed by atoms with van der Waals surface area (Å²) in [6.07, 6.45) is 4.00. The van der Waals surface area contributed by atoms with E-state index in [-0.39, 0.29) is 24.0 Å². The Morgan fingerprint density at radius 3 is 2.46 bits per heavy atom.